The molecule has 3 aromatic rings. The molecule has 156 valence electrons. The van der Waals surface area contributed by atoms with Crippen LogP contribution < -0.4 is 15.0 Å². The Morgan fingerprint density at radius 2 is 1.83 bits per heavy atom. The number of para-hydroxylation sites is 1. The Hall–Kier alpha value is -2.90. The van der Waals surface area contributed by atoms with Crippen molar-refractivity contribution in [1.82, 2.24) is 5.32 Å². The summed E-state index contributed by atoms with van der Waals surface area (Å²) in [5.74, 6) is -0.387. The molecule has 1 amide bonds. The van der Waals surface area contributed by atoms with Crippen molar-refractivity contribution < 1.29 is 18.7 Å². The predicted octanol–water partition coefficient (Wildman–Crippen LogP) is 4.20. The van der Waals surface area contributed by atoms with Crippen LogP contribution in [0.5, 0.6) is 5.75 Å². The molecule has 1 aliphatic rings. The van der Waals surface area contributed by atoms with Crippen LogP contribution in [-0.2, 0) is 4.74 Å². The number of ether oxygens (including phenoxy) is 2. The first-order valence-electron chi connectivity index (χ1n) is 9.90. The van der Waals surface area contributed by atoms with Gasteiger partial charge in [-0.1, -0.05) is 42.5 Å². The van der Waals surface area contributed by atoms with E-state index < -0.39 is 5.82 Å². The lowest BCUT2D eigenvalue weighted by Gasteiger charge is -2.28. The maximum absolute atomic E-state index is 13.6. The van der Waals surface area contributed by atoms with E-state index in [0.717, 1.165) is 29.2 Å². The van der Waals surface area contributed by atoms with Crippen LogP contribution in [-0.4, -0.2) is 45.4 Å². The van der Waals surface area contributed by atoms with Gasteiger partial charge in [-0.2, -0.15) is 0 Å². The summed E-state index contributed by atoms with van der Waals surface area (Å²) in [4.78, 5) is 15.6. The SMILES string of the molecule is O=C(NCCOc1ccccc1F)c1cc(-c2ccccc2)c(N2CCOCC2)s1. The fourth-order valence-corrected chi connectivity index (χ4v) is 4.44. The average Bonchev–Trinajstić information content (AvgIpc) is 3.25. The zero-order chi connectivity index (χ0) is 20.8. The smallest absolute Gasteiger partial charge is 0.261 e. The highest BCUT2D eigenvalue weighted by atomic mass is 32.1. The minimum Gasteiger partial charge on any atom is -0.489 e. The van der Waals surface area contributed by atoms with Gasteiger partial charge in [-0.3, -0.25) is 4.79 Å². The van der Waals surface area contributed by atoms with E-state index in [9.17, 15) is 9.18 Å². The number of halogens is 1. The van der Waals surface area contributed by atoms with Crippen LogP contribution in [0.1, 0.15) is 9.67 Å². The number of nitrogens with zero attached hydrogens (tertiary/aromatic N) is 1. The van der Waals surface area contributed by atoms with Crippen LogP contribution in [0.3, 0.4) is 0 Å². The van der Waals surface area contributed by atoms with Gasteiger partial charge in [0.2, 0.25) is 0 Å². The van der Waals surface area contributed by atoms with E-state index in [1.807, 2.05) is 24.3 Å². The molecule has 0 bridgehead atoms. The minimum absolute atomic E-state index is 0.158. The second-order valence-corrected chi connectivity index (χ2v) is 7.86. The number of morpholine rings is 1. The van der Waals surface area contributed by atoms with E-state index in [2.05, 4.69) is 22.3 Å². The molecule has 7 heteroatoms. The molecule has 1 fully saturated rings. The number of amides is 1. The zero-order valence-corrected chi connectivity index (χ0v) is 17.3. The zero-order valence-electron chi connectivity index (χ0n) is 16.5. The van der Waals surface area contributed by atoms with Crippen LogP contribution in [0.25, 0.3) is 11.1 Å². The first kappa shape index (κ1) is 20.4. The molecule has 4 rings (SSSR count). The van der Waals surface area contributed by atoms with E-state index in [0.29, 0.717) is 24.6 Å². The normalized spacial score (nSPS) is 13.8. The fraction of sp³-hybridized carbons (Fsp3) is 0.261. The van der Waals surface area contributed by atoms with E-state index >= 15 is 0 Å². The van der Waals surface area contributed by atoms with Crippen molar-refractivity contribution in [3.05, 3.63) is 71.4 Å². The molecule has 0 aliphatic carbocycles. The number of anilines is 1. The Kier molecular flexibility index (Phi) is 6.61. The lowest BCUT2D eigenvalue weighted by Crippen LogP contribution is -2.35. The highest BCUT2D eigenvalue weighted by molar-refractivity contribution is 7.18. The molecule has 1 saturated heterocycles. The topological polar surface area (TPSA) is 50.8 Å². The molecule has 0 spiro atoms. The number of benzene rings is 2. The molecule has 0 saturated carbocycles. The van der Waals surface area contributed by atoms with Gasteiger partial charge in [0.15, 0.2) is 11.6 Å². The molecule has 5 nitrogen and oxygen atoms in total. The number of nitrogens with one attached hydrogen (secondary N) is 1. The first-order valence-corrected chi connectivity index (χ1v) is 10.7. The molecular weight excluding hydrogens is 403 g/mol. The third-order valence-corrected chi connectivity index (χ3v) is 6.00. The summed E-state index contributed by atoms with van der Waals surface area (Å²) in [6.07, 6.45) is 0. The summed E-state index contributed by atoms with van der Waals surface area (Å²) in [6.45, 7) is 3.45. The number of hydrogen-bond acceptors (Lipinski definition) is 5. The molecule has 1 aliphatic heterocycles. The van der Waals surface area contributed by atoms with Crippen molar-refractivity contribution in [3.8, 4) is 16.9 Å². The van der Waals surface area contributed by atoms with Gasteiger partial charge in [-0.15, -0.1) is 11.3 Å². The van der Waals surface area contributed by atoms with E-state index in [1.165, 1.54) is 17.4 Å². The molecular formula is C23H23FN2O3S. The molecule has 2 heterocycles. The monoisotopic (exact) mass is 426 g/mol. The minimum atomic E-state index is -0.412. The summed E-state index contributed by atoms with van der Waals surface area (Å²) in [6, 6.07) is 18.2. The number of thiophene rings is 1. The van der Waals surface area contributed by atoms with Gasteiger partial charge in [0, 0.05) is 18.7 Å². The fourth-order valence-electron chi connectivity index (χ4n) is 3.29. The summed E-state index contributed by atoms with van der Waals surface area (Å²) in [5, 5.41) is 3.95. The number of rotatable bonds is 7. The average molecular weight is 427 g/mol. The third kappa shape index (κ3) is 4.80. The Labute approximate surface area is 179 Å². The lowest BCUT2D eigenvalue weighted by molar-refractivity contribution is 0.0951. The summed E-state index contributed by atoms with van der Waals surface area (Å²) >= 11 is 1.48. The van der Waals surface area contributed by atoms with Gasteiger partial charge in [0.25, 0.3) is 5.91 Å². The Morgan fingerprint density at radius 1 is 1.10 bits per heavy atom. The number of carbonyl (C=O) groups excluding carboxylic acids is 1. The van der Waals surface area contributed by atoms with Gasteiger partial charge in [-0.25, -0.2) is 4.39 Å². The summed E-state index contributed by atoms with van der Waals surface area (Å²) in [7, 11) is 0. The van der Waals surface area contributed by atoms with E-state index in [1.54, 1.807) is 18.2 Å². The van der Waals surface area contributed by atoms with Crippen molar-refractivity contribution in [2.45, 2.75) is 0 Å². The van der Waals surface area contributed by atoms with Crippen molar-refractivity contribution in [2.75, 3.05) is 44.4 Å². The quantitative estimate of drug-likeness (QED) is 0.576. The van der Waals surface area contributed by atoms with Crippen LogP contribution in [0.2, 0.25) is 0 Å². The second-order valence-electron chi connectivity index (χ2n) is 6.83. The van der Waals surface area contributed by atoms with Crippen LogP contribution >= 0.6 is 11.3 Å². The molecule has 0 atom stereocenters. The van der Waals surface area contributed by atoms with Crippen molar-refractivity contribution in [3.63, 3.8) is 0 Å². The van der Waals surface area contributed by atoms with Gasteiger partial charge in [-0.05, 0) is 23.8 Å². The van der Waals surface area contributed by atoms with Gasteiger partial charge in [0.05, 0.1) is 29.6 Å². The standard InChI is InChI=1S/C23H23FN2O3S/c24-19-8-4-5-9-20(19)29-13-10-25-22(27)21-16-18(17-6-2-1-3-7-17)23(30-21)26-11-14-28-15-12-26/h1-9,16H,10-15H2,(H,25,27). The molecule has 30 heavy (non-hydrogen) atoms. The largest absolute Gasteiger partial charge is 0.489 e. The third-order valence-electron chi connectivity index (χ3n) is 4.80. The van der Waals surface area contributed by atoms with Gasteiger partial charge < -0.3 is 19.7 Å². The Morgan fingerprint density at radius 3 is 2.60 bits per heavy atom. The second kappa shape index (κ2) is 9.73. The highest BCUT2D eigenvalue weighted by Crippen LogP contribution is 2.39. The molecule has 2 aromatic carbocycles. The van der Waals surface area contributed by atoms with Crippen molar-refractivity contribution in [2.24, 2.45) is 0 Å². The maximum atomic E-state index is 13.6. The van der Waals surface area contributed by atoms with Gasteiger partial charge >= 0.3 is 0 Å². The van der Waals surface area contributed by atoms with E-state index in [-0.39, 0.29) is 18.3 Å². The van der Waals surface area contributed by atoms with Crippen LogP contribution in [0.4, 0.5) is 9.39 Å². The summed E-state index contributed by atoms with van der Waals surface area (Å²) in [5.41, 5.74) is 2.13. The van der Waals surface area contributed by atoms with Crippen molar-refractivity contribution >= 4 is 22.2 Å². The van der Waals surface area contributed by atoms with E-state index in [4.69, 9.17) is 9.47 Å². The maximum Gasteiger partial charge on any atom is 0.261 e. The molecule has 1 aromatic heterocycles. The Balaban J connectivity index is 1.44. The predicted molar refractivity (Wildman–Crippen MR) is 117 cm³/mol. The number of hydrogen-bond donors (Lipinski definition) is 1. The molecule has 0 unspecified atom stereocenters. The lowest BCUT2D eigenvalue weighted by atomic mass is 10.1. The van der Waals surface area contributed by atoms with Crippen LogP contribution in [0.15, 0.2) is 60.7 Å². The number of carbonyl (C=O) groups is 1. The highest BCUT2D eigenvalue weighted by Gasteiger charge is 2.21. The molecule has 0 radical (unpaired) electrons. The Bertz CT molecular complexity index is 987. The van der Waals surface area contributed by atoms with Crippen LogP contribution in [0, 0.1) is 5.82 Å². The first-order chi connectivity index (χ1) is 14.7. The van der Waals surface area contributed by atoms with Gasteiger partial charge in [0.1, 0.15) is 6.61 Å². The molecule has 1 N–H and O–H groups in total. The summed E-state index contributed by atoms with van der Waals surface area (Å²) < 4.78 is 24.5. The van der Waals surface area contributed by atoms with Crippen molar-refractivity contribution in [1.29, 1.82) is 0 Å².